The molecular formula is C28H38N2O3S. The van der Waals surface area contributed by atoms with Crippen molar-refractivity contribution in [1.29, 1.82) is 0 Å². The summed E-state index contributed by atoms with van der Waals surface area (Å²) in [5.41, 5.74) is 1.05. The van der Waals surface area contributed by atoms with Crippen molar-refractivity contribution >= 4 is 23.2 Å². The number of hydrogen-bond acceptors (Lipinski definition) is 4. The monoisotopic (exact) mass is 482 g/mol. The van der Waals surface area contributed by atoms with E-state index in [1.54, 1.807) is 11.3 Å². The number of benzene rings is 1. The molecule has 1 aromatic carbocycles. The van der Waals surface area contributed by atoms with Crippen molar-refractivity contribution < 1.29 is 14.7 Å². The van der Waals surface area contributed by atoms with Crippen LogP contribution in [0.25, 0.3) is 0 Å². The van der Waals surface area contributed by atoms with Gasteiger partial charge < -0.3 is 15.7 Å². The lowest BCUT2D eigenvalue weighted by Gasteiger charge is -2.56. The second-order valence-corrected chi connectivity index (χ2v) is 11.7. The largest absolute Gasteiger partial charge is 0.392 e. The zero-order valence-electron chi connectivity index (χ0n) is 20.5. The van der Waals surface area contributed by atoms with Crippen LogP contribution >= 0.6 is 11.3 Å². The van der Waals surface area contributed by atoms with E-state index >= 15 is 0 Å². The molecule has 0 saturated heterocycles. The van der Waals surface area contributed by atoms with E-state index in [1.165, 1.54) is 0 Å². The molecule has 3 N–H and O–H groups in total. The molecule has 2 saturated carbocycles. The van der Waals surface area contributed by atoms with Crippen molar-refractivity contribution in [2.24, 2.45) is 29.1 Å². The molecule has 184 valence electrons. The van der Waals surface area contributed by atoms with Gasteiger partial charge in [-0.2, -0.15) is 0 Å². The highest BCUT2D eigenvalue weighted by Crippen LogP contribution is 2.55. The highest BCUT2D eigenvalue weighted by molar-refractivity contribution is 7.09. The first-order chi connectivity index (χ1) is 16.3. The summed E-state index contributed by atoms with van der Waals surface area (Å²) in [5.74, 6) is -0.0540. The number of thiophene rings is 1. The Morgan fingerprint density at radius 1 is 1.15 bits per heavy atom. The molecule has 7 atom stereocenters. The number of aliphatic hydroxyl groups excluding tert-OH is 1. The molecule has 1 aromatic heterocycles. The topological polar surface area (TPSA) is 78.4 Å². The van der Waals surface area contributed by atoms with E-state index in [1.807, 2.05) is 54.8 Å². The minimum atomic E-state index is -0.551. The zero-order valence-corrected chi connectivity index (χ0v) is 21.3. The molecule has 2 aliphatic rings. The molecular weight excluding hydrogens is 444 g/mol. The summed E-state index contributed by atoms with van der Waals surface area (Å²) in [6, 6.07) is 13.9. The number of amides is 2. The number of nitrogens with one attached hydrogen (secondary N) is 2. The summed E-state index contributed by atoms with van der Waals surface area (Å²) in [6.45, 7) is 6.95. The van der Waals surface area contributed by atoms with Gasteiger partial charge in [-0.3, -0.25) is 9.59 Å². The molecule has 1 unspecified atom stereocenters. The van der Waals surface area contributed by atoms with Gasteiger partial charge in [0.05, 0.1) is 19.1 Å². The molecule has 0 bridgehead atoms. The Bertz CT molecular complexity index is 963. The third-order valence-corrected chi connectivity index (χ3v) is 9.39. The number of carbonyl (C=O) groups excluding carboxylic acids is 2. The van der Waals surface area contributed by atoms with Crippen LogP contribution in [-0.4, -0.2) is 29.1 Å². The lowest BCUT2D eigenvalue weighted by atomic mass is 9.51. The molecule has 2 aliphatic carbocycles. The van der Waals surface area contributed by atoms with E-state index in [2.05, 4.69) is 24.5 Å². The summed E-state index contributed by atoms with van der Waals surface area (Å²) in [4.78, 5) is 26.8. The number of aliphatic hydroxyl groups is 1. The fraction of sp³-hybridized carbons (Fsp3) is 0.571. The summed E-state index contributed by atoms with van der Waals surface area (Å²) in [5, 5.41) is 19.9. The van der Waals surface area contributed by atoms with Crippen molar-refractivity contribution in [3.8, 4) is 0 Å². The first-order valence-corrected chi connectivity index (χ1v) is 13.5. The molecule has 4 rings (SSSR count). The maximum atomic E-state index is 12.9. The molecule has 1 heterocycles. The highest BCUT2D eigenvalue weighted by atomic mass is 32.1. The second-order valence-electron chi connectivity index (χ2n) is 10.7. The van der Waals surface area contributed by atoms with E-state index in [-0.39, 0.29) is 46.9 Å². The predicted molar refractivity (Wildman–Crippen MR) is 136 cm³/mol. The van der Waals surface area contributed by atoms with E-state index in [0.717, 1.165) is 36.1 Å². The molecule has 34 heavy (non-hydrogen) atoms. The number of fused-ring (bicyclic) bond motifs is 1. The normalized spacial score (nSPS) is 31.8. The molecule has 0 aliphatic heterocycles. The fourth-order valence-corrected chi connectivity index (χ4v) is 7.12. The summed E-state index contributed by atoms with van der Waals surface area (Å²) >= 11 is 1.63. The Balaban J connectivity index is 1.39. The number of hydrogen-bond donors (Lipinski definition) is 3. The van der Waals surface area contributed by atoms with Gasteiger partial charge in [-0.15, -0.1) is 11.3 Å². The zero-order chi connectivity index (χ0) is 24.3. The maximum absolute atomic E-state index is 12.9. The highest BCUT2D eigenvalue weighted by Gasteiger charge is 2.53. The quantitative estimate of drug-likeness (QED) is 0.542. The minimum absolute atomic E-state index is 0.0113. The minimum Gasteiger partial charge on any atom is -0.392 e. The molecule has 6 heteroatoms. The van der Waals surface area contributed by atoms with Gasteiger partial charge in [0.25, 0.3) is 0 Å². The smallest absolute Gasteiger partial charge is 0.224 e. The van der Waals surface area contributed by atoms with Gasteiger partial charge in [-0.05, 0) is 65.9 Å². The van der Waals surface area contributed by atoms with Gasteiger partial charge in [-0.25, -0.2) is 0 Å². The Labute approximate surface area is 207 Å². The molecule has 5 nitrogen and oxygen atoms in total. The van der Waals surface area contributed by atoms with Crippen LogP contribution in [0.3, 0.4) is 0 Å². The first kappa shape index (κ1) is 24.9. The Morgan fingerprint density at radius 2 is 1.88 bits per heavy atom. The predicted octanol–water partition coefficient (Wildman–Crippen LogP) is 4.55. The Morgan fingerprint density at radius 3 is 2.59 bits per heavy atom. The van der Waals surface area contributed by atoms with Crippen LogP contribution in [0.4, 0.5) is 0 Å². The average Bonchev–Trinajstić information content (AvgIpc) is 3.33. The van der Waals surface area contributed by atoms with Crippen molar-refractivity contribution in [1.82, 2.24) is 10.6 Å². The van der Waals surface area contributed by atoms with Gasteiger partial charge in [0.15, 0.2) is 0 Å². The third kappa shape index (κ3) is 5.38. The van der Waals surface area contributed by atoms with Crippen LogP contribution in [0.2, 0.25) is 0 Å². The molecule has 0 spiro atoms. The van der Waals surface area contributed by atoms with Gasteiger partial charge in [0.2, 0.25) is 11.8 Å². The van der Waals surface area contributed by atoms with Crippen LogP contribution in [0, 0.1) is 29.1 Å². The second kappa shape index (κ2) is 10.6. The van der Waals surface area contributed by atoms with E-state index < -0.39 is 6.10 Å². The molecule has 0 radical (unpaired) electrons. The van der Waals surface area contributed by atoms with Crippen LogP contribution in [0.5, 0.6) is 0 Å². The van der Waals surface area contributed by atoms with Crippen LogP contribution in [0.15, 0.2) is 47.8 Å². The average molecular weight is 483 g/mol. The van der Waals surface area contributed by atoms with Crippen LogP contribution in [0.1, 0.15) is 56.9 Å². The Kier molecular flexibility index (Phi) is 7.78. The van der Waals surface area contributed by atoms with Crippen molar-refractivity contribution in [3.05, 3.63) is 58.3 Å². The van der Waals surface area contributed by atoms with Gasteiger partial charge in [0, 0.05) is 16.8 Å². The summed E-state index contributed by atoms with van der Waals surface area (Å²) < 4.78 is 0. The standard InChI is InChI=1S/C28H38N2O3S/c1-18(27(33)29-17-21-10-7-15-34-21)22-11-13-28(3)14-12-23(19(2)25(28)26(22)32)30-24(31)16-20-8-5-4-6-9-20/h4-10,15,18-19,22-23,25-26,32H,11-14,16-17H2,1-3H3,(H,29,33)(H,30,31)/t18-,19+,22?,23-,25+,26-,28-/m0/s1. The summed E-state index contributed by atoms with van der Waals surface area (Å²) in [7, 11) is 0. The van der Waals surface area contributed by atoms with Gasteiger partial charge in [-0.1, -0.05) is 57.2 Å². The van der Waals surface area contributed by atoms with Crippen molar-refractivity contribution in [2.45, 2.75) is 71.6 Å². The van der Waals surface area contributed by atoms with Crippen LogP contribution < -0.4 is 10.6 Å². The van der Waals surface area contributed by atoms with Crippen molar-refractivity contribution in [2.75, 3.05) is 0 Å². The van der Waals surface area contributed by atoms with Crippen LogP contribution in [-0.2, 0) is 22.6 Å². The van der Waals surface area contributed by atoms with E-state index in [4.69, 9.17) is 0 Å². The number of rotatable bonds is 7. The molecule has 2 aromatic rings. The van der Waals surface area contributed by atoms with E-state index in [9.17, 15) is 14.7 Å². The molecule has 2 amide bonds. The summed E-state index contributed by atoms with van der Waals surface area (Å²) in [6.07, 6.45) is 3.61. The first-order valence-electron chi connectivity index (χ1n) is 12.6. The molecule has 2 fully saturated rings. The van der Waals surface area contributed by atoms with E-state index in [0.29, 0.717) is 13.0 Å². The number of carbonyl (C=O) groups is 2. The lowest BCUT2D eigenvalue weighted by Crippen LogP contribution is -2.58. The van der Waals surface area contributed by atoms with Gasteiger partial charge >= 0.3 is 0 Å². The van der Waals surface area contributed by atoms with Gasteiger partial charge in [0.1, 0.15) is 0 Å². The third-order valence-electron chi connectivity index (χ3n) is 8.51. The lowest BCUT2D eigenvalue weighted by molar-refractivity contribution is -0.143. The van der Waals surface area contributed by atoms with Crippen molar-refractivity contribution in [3.63, 3.8) is 0 Å². The SMILES string of the molecule is C[C@H]1[C@@H]2[C@@H](O)C([C@H](C)C(=O)NCc3cccs3)CC[C@@]2(C)CC[C@@H]1NC(=O)Cc1ccccc1. The fourth-order valence-electron chi connectivity index (χ4n) is 6.48. The maximum Gasteiger partial charge on any atom is 0.224 e. The Hall–Kier alpha value is -2.18.